The predicted molar refractivity (Wildman–Crippen MR) is 124 cm³/mol. The SMILES string of the molecule is CC(C)C(N)C(=O)NC(CC(N)=O)C(=O)NC(Cc1ccc(O)cc1)C(=O)NC(C(=O)O)C(C)O. The zero-order chi connectivity index (χ0) is 26.9. The molecule has 0 aliphatic carbocycles. The quantitative estimate of drug-likeness (QED) is 0.147. The summed E-state index contributed by atoms with van der Waals surface area (Å²) in [5, 5.41) is 35.3. The van der Waals surface area contributed by atoms with Crippen molar-refractivity contribution in [1.82, 2.24) is 16.0 Å². The number of phenolic OH excluding ortho intramolecular Hbond substituents is 1. The number of rotatable bonds is 13. The van der Waals surface area contributed by atoms with Gasteiger partial charge in [-0.2, -0.15) is 0 Å². The molecule has 5 unspecified atom stereocenters. The maximum absolute atomic E-state index is 13.0. The number of benzene rings is 1. The van der Waals surface area contributed by atoms with E-state index >= 15 is 0 Å². The average molecular weight is 496 g/mol. The highest BCUT2D eigenvalue weighted by atomic mass is 16.4. The van der Waals surface area contributed by atoms with Crippen LogP contribution in [-0.2, 0) is 30.4 Å². The van der Waals surface area contributed by atoms with Gasteiger partial charge in [0.25, 0.3) is 0 Å². The monoisotopic (exact) mass is 495 g/mol. The standard InChI is InChI=1S/C22H33N5O8/c1-10(2)17(24)21(33)26-15(9-16(23)30)19(31)25-14(8-12-4-6-13(29)7-5-12)20(32)27-18(11(3)28)22(34)35/h4-7,10-11,14-15,17-18,28-29H,8-9,24H2,1-3H3,(H2,23,30)(H,25,31)(H,26,33)(H,27,32)(H,34,35). The molecule has 1 rings (SSSR count). The van der Waals surface area contributed by atoms with Crippen LogP contribution in [0.2, 0.25) is 0 Å². The molecule has 1 aromatic carbocycles. The average Bonchev–Trinajstić information content (AvgIpc) is 2.76. The molecule has 0 aliphatic rings. The van der Waals surface area contributed by atoms with Gasteiger partial charge in [-0.1, -0.05) is 26.0 Å². The molecular weight excluding hydrogens is 462 g/mol. The fraction of sp³-hybridized carbons (Fsp3) is 0.500. The molecule has 0 saturated carbocycles. The summed E-state index contributed by atoms with van der Waals surface area (Å²) in [5.41, 5.74) is 11.5. The number of carboxylic acids is 1. The number of primary amides is 1. The number of carboxylic acid groups (broad SMARTS) is 1. The summed E-state index contributed by atoms with van der Waals surface area (Å²) in [4.78, 5) is 61.1. The van der Waals surface area contributed by atoms with E-state index in [1.807, 2.05) is 0 Å². The number of aliphatic carboxylic acids is 1. The lowest BCUT2D eigenvalue weighted by Gasteiger charge is -2.26. The summed E-state index contributed by atoms with van der Waals surface area (Å²) in [6.45, 7) is 4.54. The van der Waals surface area contributed by atoms with Gasteiger partial charge in [0, 0.05) is 6.42 Å². The van der Waals surface area contributed by atoms with Crippen LogP contribution in [0, 0.1) is 5.92 Å². The van der Waals surface area contributed by atoms with Gasteiger partial charge in [-0.3, -0.25) is 19.2 Å². The Balaban J connectivity index is 3.18. The van der Waals surface area contributed by atoms with Crippen LogP contribution in [0.1, 0.15) is 32.8 Å². The van der Waals surface area contributed by atoms with Gasteiger partial charge in [0.1, 0.15) is 17.8 Å². The minimum atomic E-state index is -1.66. The first-order chi connectivity index (χ1) is 16.2. The van der Waals surface area contributed by atoms with Crippen molar-refractivity contribution in [2.75, 3.05) is 0 Å². The molecule has 0 aliphatic heterocycles. The second-order valence-corrected chi connectivity index (χ2v) is 8.50. The summed E-state index contributed by atoms with van der Waals surface area (Å²) < 4.78 is 0. The molecule has 0 spiro atoms. The molecule has 1 aromatic rings. The molecule has 0 heterocycles. The highest BCUT2D eigenvalue weighted by Gasteiger charge is 2.32. The Bertz CT molecular complexity index is 919. The Morgan fingerprint density at radius 2 is 1.40 bits per heavy atom. The lowest BCUT2D eigenvalue weighted by atomic mass is 10.0. The number of aliphatic hydroxyl groups is 1. The van der Waals surface area contributed by atoms with Gasteiger partial charge in [-0.25, -0.2) is 4.79 Å². The normalized spacial score (nSPS) is 15.3. The number of nitrogens with two attached hydrogens (primary N) is 2. The maximum Gasteiger partial charge on any atom is 0.328 e. The van der Waals surface area contributed by atoms with Gasteiger partial charge < -0.3 is 42.7 Å². The van der Waals surface area contributed by atoms with Crippen molar-refractivity contribution in [2.45, 2.75) is 63.9 Å². The first-order valence-electron chi connectivity index (χ1n) is 10.9. The Morgan fingerprint density at radius 3 is 1.86 bits per heavy atom. The van der Waals surface area contributed by atoms with E-state index in [0.29, 0.717) is 5.56 Å². The number of nitrogens with one attached hydrogen (secondary N) is 3. The summed E-state index contributed by atoms with van der Waals surface area (Å²) in [6.07, 6.45) is -2.17. The van der Waals surface area contributed by atoms with Crippen molar-refractivity contribution >= 4 is 29.6 Å². The second kappa shape index (κ2) is 13.2. The van der Waals surface area contributed by atoms with Gasteiger partial charge in [-0.05, 0) is 30.5 Å². The van der Waals surface area contributed by atoms with Crippen LogP contribution in [-0.4, -0.2) is 75.2 Å². The molecule has 0 radical (unpaired) electrons. The largest absolute Gasteiger partial charge is 0.508 e. The third kappa shape index (κ3) is 9.59. The number of phenols is 1. The lowest BCUT2D eigenvalue weighted by molar-refractivity contribution is -0.145. The molecule has 5 atom stereocenters. The Labute approximate surface area is 202 Å². The van der Waals surface area contributed by atoms with E-state index in [1.54, 1.807) is 13.8 Å². The van der Waals surface area contributed by atoms with Crippen molar-refractivity contribution < 1.29 is 39.3 Å². The van der Waals surface area contributed by atoms with Crippen molar-refractivity contribution in [3.63, 3.8) is 0 Å². The summed E-state index contributed by atoms with van der Waals surface area (Å²) >= 11 is 0. The molecule has 0 aromatic heterocycles. The third-order valence-corrected chi connectivity index (χ3v) is 5.11. The van der Waals surface area contributed by atoms with E-state index in [2.05, 4.69) is 16.0 Å². The fourth-order valence-electron chi connectivity index (χ4n) is 2.97. The number of hydrogen-bond acceptors (Lipinski definition) is 8. The van der Waals surface area contributed by atoms with E-state index in [-0.39, 0.29) is 18.1 Å². The van der Waals surface area contributed by atoms with Gasteiger partial charge >= 0.3 is 5.97 Å². The highest BCUT2D eigenvalue weighted by molar-refractivity contribution is 5.96. The van der Waals surface area contributed by atoms with Crippen LogP contribution in [0.5, 0.6) is 5.75 Å². The van der Waals surface area contributed by atoms with Crippen LogP contribution in [0.3, 0.4) is 0 Å². The van der Waals surface area contributed by atoms with Crippen LogP contribution < -0.4 is 27.4 Å². The Morgan fingerprint density at radius 1 is 0.886 bits per heavy atom. The van der Waals surface area contributed by atoms with Crippen LogP contribution in [0.4, 0.5) is 0 Å². The third-order valence-electron chi connectivity index (χ3n) is 5.11. The fourth-order valence-corrected chi connectivity index (χ4v) is 2.97. The van der Waals surface area contributed by atoms with E-state index in [0.717, 1.165) is 0 Å². The number of hydrogen-bond donors (Lipinski definition) is 8. The number of amides is 4. The summed E-state index contributed by atoms with van der Waals surface area (Å²) in [6, 6.07) is 0.205. The van der Waals surface area contributed by atoms with E-state index in [4.69, 9.17) is 11.5 Å². The zero-order valence-corrected chi connectivity index (χ0v) is 19.7. The van der Waals surface area contributed by atoms with Crippen LogP contribution in [0.15, 0.2) is 24.3 Å². The number of carbonyl (C=O) groups excluding carboxylic acids is 4. The van der Waals surface area contributed by atoms with Crippen molar-refractivity contribution in [2.24, 2.45) is 17.4 Å². The molecule has 194 valence electrons. The molecule has 0 saturated heterocycles. The summed E-state index contributed by atoms with van der Waals surface area (Å²) in [7, 11) is 0. The molecule has 4 amide bonds. The predicted octanol–water partition coefficient (Wildman–Crippen LogP) is -2.29. The smallest absolute Gasteiger partial charge is 0.328 e. The van der Waals surface area contributed by atoms with E-state index < -0.39 is 66.3 Å². The minimum Gasteiger partial charge on any atom is -0.508 e. The van der Waals surface area contributed by atoms with Crippen LogP contribution >= 0.6 is 0 Å². The van der Waals surface area contributed by atoms with Crippen molar-refractivity contribution in [1.29, 1.82) is 0 Å². The molecule has 0 fully saturated rings. The van der Waals surface area contributed by atoms with Gasteiger partial charge in [-0.15, -0.1) is 0 Å². The zero-order valence-electron chi connectivity index (χ0n) is 19.7. The molecule has 13 nitrogen and oxygen atoms in total. The second-order valence-electron chi connectivity index (χ2n) is 8.50. The van der Waals surface area contributed by atoms with Gasteiger partial charge in [0.2, 0.25) is 23.6 Å². The highest BCUT2D eigenvalue weighted by Crippen LogP contribution is 2.12. The summed E-state index contributed by atoms with van der Waals surface area (Å²) in [5.74, 6) is -5.29. The Hall–Kier alpha value is -3.71. The first kappa shape index (κ1) is 29.3. The Kier molecular flexibility index (Phi) is 11.1. The van der Waals surface area contributed by atoms with E-state index in [1.165, 1.54) is 31.2 Å². The van der Waals surface area contributed by atoms with Crippen molar-refractivity contribution in [3.05, 3.63) is 29.8 Å². The molecule has 0 bridgehead atoms. The molecule has 35 heavy (non-hydrogen) atoms. The molecule has 13 heteroatoms. The number of aliphatic hydroxyl groups excluding tert-OH is 1. The minimum absolute atomic E-state index is 0.0374. The first-order valence-corrected chi connectivity index (χ1v) is 10.9. The number of aromatic hydroxyl groups is 1. The molecular formula is C22H33N5O8. The lowest BCUT2D eigenvalue weighted by Crippen LogP contribution is -2.59. The van der Waals surface area contributed by atoms with Gasteiger partial charge in [0.15, 0.2) is 6.04 Å². The van der Waals surface area contributed by atoms with Gasteiger partial charge in [0.05, 0.1) is 18.6 Å². The van der Waals surface area contributed by atoms with E-state index in [9.17, 15) is 39.3 Å². The number of carbonyl (C=O) groups is 5. The molecule has 10 N–H and O–H groups in total. The maximum atomic E-state index is 13.0. The van der Waals surface area contributed by atoms with Crippen molar-refractivity contribution in [3.8, 4) is 5.75 Å². The van der Waals surface area contributed by atoms with Crippen LogP contribution in [0.25, 0.3) is 0 Å². The topological polar surface area (TPSA) is 234 Å².